The maximum atomic E-state index is 14.1. The van der Waals surface area contributed by atoms with Gasteiger partial charge in [0.15, 0.2) is 0 Å². The number of carbonyl (C=O) groups excluding carboxylic acids is 2. The van der Waals surface area contributed by atoms with Gasteiger partial charge in [0.05, 0.1) is 23.8 Å². The number of carbonyl (C=O) groups is 2. The Morgan fingerprint density at radius 1 is 0.789 bits per heavy atom. The van der Waals surface area contributed by atoms with Crippen LogP contribution in [0.25, 0.3) is 0 Å². The van der Waals surface area contributed by atoms with Gasteiger partial charge in [-0.05, 0) is 48.7 Å². The Morgan fingerprint density at radius 3 is 2.05 bits per heavy atom. The van der Waals surface area contributed by atoms with E-state index in [0.717, 1.165) is 39.3 Å². The highest BCUT2D eigenvalue weighted by molar-refractivity contribution is 6.03. The molecule has 5 heteroatoms. The van der Waals surface area contributed by atoms with Gasteiger partial charge < -0.3 is 15.1 Å². The van der Waals surface area contributed by atoms with Crippen LogP contribution in [0.3, 0.4) is 0 Å². The number of fused-ring (bicyclic) bond motifs is 1. The normalized spacial score (nSPS) is 15.1. The number of amides is 2. The second-order valence-corrected chi connectivity index (χ2v) is 10.0. The molecule has 38 heavy (non-hydrogen) atoms. The second-order valence-electron chi connectivity index (χ2n) is 10.0. The summed E-state index contributed by atoms with van der Waals surface area (Å²) in [7, 11) is 0. The van der Waals surface area contributed by atoms with Crippen molar-refractivity contribution < 1.29 is 9.59 Å². The quantitative estimate of drug-likeness (QED) is 0.313. The first-order valence-corrected chi connectivity index (χ1v) is 13.1. The molecule has 0 spiro atoms. The summed E-state index contributed by atoms with van der Waals surface area (Å²) in [5.41, 5.74) is 7.01. The van der Waals surface area contributed by atoms with Crippen LogP contribution in [-0.2, 0) is 22.7 Å². The molecule has 0 saturated heterocycles. The molecule has 4 aromatic rings. The molecule has 1 heterocycles. The fourth-order valence-electron chi connectivity index (χ4n) is 5.15. The van der Waals surface area contributed by atoms with Crippen molar-refractivity contribution in [1.82, 2.24) is 0 Å². The lowest BCUT2D eigenvalue weighted by molar-refractivity contribution is -0.126. The van der Waals surface area contributed by atoms with Gasteiger partial charge in [-0.2, -0.15) is 0 Å². The third-order valence-corrected chi connectivity index (χ3v) is 7.06. The number of anilines is 3. The molecule has 4 aromatic carbocycles. The molecule has 5 nitrogen and oxygen atoms in total. The molecule has 1 unspecified atom stereocenters. The van der Waals surface area contributed by atoms with Crippen molar-refractivity contribution in [3.05, 3.63) is 125 Å². The first kappa shape index (κ1) is 25.3. The summed E-state index contributed by atoms with van der Waals surface area (Å²) in [6.45, 7) is 5.57. The average Bonchev–Trinajstić information content (AvgIpc) is 3.02. The van der Waals surface area contributed by atoms with Gasteiger partial charge in [-0.25, -0.2) is 0 Å². The van der Waals surface area contributed by atoms with Crippen molar-refractivity contribution in [3.63, 3.8) is 0 Å². The van der Waals surface area contributed by atoms with Crippen LogP contribution in [0.2, 0.25) is 0 Å². The summed E-state index contributed by atoms with van der Waals surface area (Å²) in [6.07, 6.45) is 0.108. The zero-order valence-electron chi connectivity index (χ0n) is 21.9. The molecule has 5 rings (SSSR count). The zero-order chi connectivity index (χ0) is 26.5. The van der Waals surface area contributed by atoms with Gasteiger partial charge in [0.1, 0.15) is 0 Å². The van der Waals surface area contributed by atoms with E-state index in [2.05, 4.69) is 28.4 Å². The number of rotatable bonds is 7. The lowest BCUT2D eigenvalue weighted by atomic mass is 10.0. The molecule has 0 saturated carbocycles. The maximum absolute atomic E-state index is 14.1. The molecular weight excluding hydrogens is 470 g/mol. The van der Waals surface area contributed by atoms with Crippen molar-refractivity contribution in [2.24, 2.45) is 5.92 Å². The second kappa shape index (κ2) is 11.3. The smallest absolute Gasteiger partial charge is 0.232 e. The number of hydrogen-bond acceptors (Lipinski definition) is 3. The molecule has 1 N–H and O–H groups in total. The largest absolute Gasteiger partial charge is 0.365 e. The molecular formula is C33H33N3O2. The Labute approximate surface area is 224 Å². The van der Waals surface area contributed by atoms with E-state index in [1.807, 2.05) is 104 Å². The number of nitrogens with one attached hydrogen (secondary N) is 1. The number of nitrogens with zero attached hydrogens (tertiary/aromatic N) is 2. The highest BCUT2D eigenvalue weighted by Gasteiger charge is 2.35. The number of benzene rings is 4. The van der Waals surface area contributed by atoms with Gasteiger partial charge in [0, 0.05) is 25.2 Å². The van der Waals surface area contributed by atoms with Crippen LogP contribution in [0.15, 0.2) is 103 Å². The van der Waals surface area contributed by atoms with Crippen LogP contribution >= 0.6 is 0 Å². The standard InChI is InChI=1S/C33H33N3O2/c1-24-17-18-29(25(2)19-24)34-32(37)20-28-23-35(21-26-11-5-3-6-12-26)30-15-9-10-16-31(30)36(33(28)38)22-27-13-7-4-8-14-27/h3-19,28H,20-23H2,1-2H3,(H,34,37). The summed E-state index contributed by atoms with van der Waals surface area (Å²) >= 11 is 0. The van der Waals surface area contributed by atoms with E-state index in [1.165, 1.54) is 0 Å². The molecule has 0 bridgehead atoms. The van der Waals surface area contributed by atoms with E-state index in [-0.39, 0.29) is 18.2 Å². The number of para-hydroxylation sites is 2. The minimum absolute atomic E-state index is 0.0346. The number of aryl methyl sites for hydroxylation is 2. The van der Waals surface area contributed by atoms with Crippen LogP contribution in [0.1, 0.15) is 28.7 Å². The Kier molecular flexibility index (Phi) is 7.55. The summed E-state index contributed by atoms with van der Waals surface area (Å²) in [4.78, 5) is 31.5. The lowest BCUT2D eigenvalue weighted by Crippen LogP contribution is -2.39. The Bertz CT molecular complexity index is 1420. The van der Waals surface area contributed by atoms with E-state index in [4.69, 9.17) is 0 Å². The van der Waals surface area contributed by atoms with Crippen molar-refractivity contribution in [1.29, 1.82) is 0 Å². The minimum atomic E-state index is -0.499. The van der Waals surface area contributed by atoms with Gasteiger partial charge in [0.2, 0.25) is 11.8 Å². The predicted octanol–water partition coefficient (Wildman–Crippen LogP) is 6.50. The highest BCUT2D eigenvalue weighted by Crippen LogP contribution is 2.37. The van der Waals surface area contributed by atoms with Gasteiger partial charge in [0.25, 0.3) is 0 Å². The van der Waals surface area contributed by atoms with Crippen LogP contribution in [-0.4, -0.2) is 18.4 Å². The van der Waals surface area contributed by atoms with Crippen molar-refractivity contribution in [2.75, 3.05) is 21.7 Å². The number of hydrogen-bond donors (Lipinski definition) is 1. The molecule has 192 valence electrons. The summed E-state index contributed by atoms with van der Waals surface area (Å²) in [6, 6.07) is 34.3. The van der Waals surface area contributed by atoms with Crippen molar-refractivity contribution in [2.45, 2.75) is 33.4 Å². The van der Waals surface area contributed by atoms with Crippen molar-refractivity contribution in [3.8, 4) is 0 Å². The van der Waals surface area contributed by atoms with Crippen LogP contribution in [0, 0.1) is 19.8 Å². The SMILES string of the molecule is Cc1ccc(NC(=O)CC2CN(Cc3ccccc3)c3ccccc3N(Cc3ccccc3)C2=O)c(C)c1. The monoisotopic (exact) mass is 503 g/mol. The zero-order valence-corrected chi connectivity index (χ0v) is 21.9. The molecule has 2 amide bonds. The fourth-order valence-corrected chi connectivity index (χ4v) is 5.15. The topological polar surface area (TPSA) is 52.7 Å². The summed E-state index contributed by atoms with van der Waals surface area (Å²) in [5, 5.41) is 3.05. The molecule has 0 fully saturated rings. The Hall–Kier alpha value is -4.38. The molecule has 0 aromatic heterocycles. The third-order valence-electron chi connectivity index (χ3n) is 7.06. The summed E-state index contributed by atoms with van der Waals surface area (Å²) < 4.78 is 0. The highest BCUT2D eigenvalue weighted by atomic mass is 16.2. The first-order valence-electron chi connectivity index (χ1n) is 13.1. The van der Waals surface area contributed by atoms with E-state index in [1.54, 1.807) is 0 Å². The average molecular weight is 504 g/mol. The van der Waals surface area contributed by atoms with Crippen LogP contribution in [0.5, 0.6) is 0 Å². The molecule has 1 aliphatic rings. The Morgan fingerprint density at radius 2 is 1.39 bits per heavy atom. The first-order chi connectivity index (χ1) is 18.5. The lowest BCUT2D eigenvalue weighted by Gasteiger charge is -2.27. The minimum Gasteiger partial charge on any atom is -0.365 e. The van der Waals surface area contributed by atoms with Gasteiger partial charge in [-0.15, -0.1) is 0 Å². The van der Waals surface area contributed by atoms with E-state index in [9.17, 15) is 9.59 Å². The van der Waals surface area contributed by atoms with E-state index >= 15 is 0 Å². The van der Waals surface area contributed by atoms with Gasteiger partial charge in [-0.3, -0.25) is 9.59 Å². The molecule has 0 radical (unpaired) electrons. The van der Waals surface area contributed by atoms with E-state index in [0.29, 0.717) is 19.6 Å². The fraction of sp³-hybridized carbons (Fsp3) is 0.212. The molecule has 1 aliphatic heterocycles. The molecule has 1 atom stereocenters. The van der Waals surface area contributed by atoms with Gasteiger partial charge in [-0.1, -0.05) is 90.5 Å². The maximum Gasteiger partial charge on any atom is 0.232 e. The van der Waals surface area contributed by atoms with Crippen molar-refractivity contribution >= 4 is 28.9 Å². The van der Waals surface area contributed by atoms with Crippen LogP contribution in [0.4, 0.5) is 17.1 Å². The predicted molar refractivity (Wildman–Crippen MR) is 154 cm³/mol. The molecule has 0 aliphatic carbocycles. The Balaban J connectivity index is 1.47. The van der Waals surface area contributed by atoms with E-state index < -0.39 is 5.92 Å². The van der Waals surface area contributed by atoms with Crippen LogP contribution < -0.4 is 15.1 Å². The third kappa shape index (κ3) is 5.78. The van der Waals surface area contributed by atoms with Gasteiger partial charge >= 0.3 is 0 Å². The summed E-state index contributed by atoms with van der Waals surface area (Å²) in [5.74, 6) is -0.686.